The molecule has 0 bridgehead atoms. The molecule has 0 amide bonds. The highest BCUT2D eigenvalue weighted by Crippen LogP contribution is 2.32. The highest BCUT2D eigenvalue weighted by molar-refractivity contribution is 6.10. The summed E-state index contributed by atoms with van der Waals surface area (Å²) >= 11 is 0. The number of rotatable bonds is 9. The zero-order valence-electron chi connectivity index (χ0n) is 15.1. The number of hydrogen-bond donors (Lipinski definition) is 0. The Bertz CT molecular complexity index is 943. The summed E-state index contributed by atoms with van der Waals surface area (Å²) in [5, 5.41) is 12.9. The topological polar surface area (TPSA) is 65.1 Å². The number of nitrogens with zero attached hydrogens (tertiary/aromatic N) is 2. The normalized spacial score (nSPS) is 11.3. The second-order valence-electron chi connectivity index (χ2n) is 6.77. The maximum atomic E-state index is 11.2. The smallest absolute Gasteiger partial charge is 0.270 e. The van der Waals surface area contributed by atoms with Gasteiger partial charge in [-0.2, -0.15) is 0 Å². The van der Waals surface area contributed by atoms with Gasteiger partial charge < -0.3 is 4.57 Å². The number of benzene rings is 2. The van der Waals surface area contributed by atoms with E-state index in [1.54, 1.807) is 18.2 Å². The molecule has 0 saturated carbocycles. The first-order valence-corrected chi connectivity index (χ1v) is 9.31. The van der Waals surface area contributed by atoms with Crippen molar-refractivity contribution in [2.24, 2.45) is 0 Å². The first-order valence-electron chi connectivity index (χ1n) is 9.31. The monoisotopic (exact) mass is 352 g/mol. The standard InChI is InChI=1S/C21H24N2O3/c1-2-3-4-5-6-7-12-22-20-10-8-16(15-24)13-18(20)19-14-17(23(25)26)9-11-21(19)22/h8-11,13-15H,2-7,12H2,1H3. The molecule has 0 saturated heterocycles. The quantitative estimate of drug-likeness (QED) is 0.209. The molecule has 0 aliphatic carbocycles. The molecule has 136 valence electrons. The third-order valence-electron chi connectivity index (χ3n) is 4.95. The number of hydrogen-bond acceptors (Lipinski definition) is 3. The number of aromatic nitrogens is 1. The van der Waals surface area contributed by atoms with E-state index in [1.165, 1.54) is 32.1 Å². The van der Waals surface area contributed by atoms with Crippen LogP contribution in [0.25, 0.3) is 21.8 Å². The lowest BCUT2D eigenvalue weighted by atomic mass is 10.1. The maximum absolute atomic E-state index is 11.2. The molecule has 3 rings (SSSR count). The molecule has 5 heteroatoms. The van der Waals surface area contributed by atoms with Gasteiger partial charge in [-0.25, -0.2) is 0 Å². The van der Waals surface area contributed by atoms with Crippen molar-refractivity contribution in [3.05, 3.63) is 52.1 Å². The van der Waals surface area contributed by atoms with Crippen molar-refractivity contribution in [2.75, 3.05) is 0 Å². The lowest BCUT2D eigenvalue weighted by Crippen LogP contribution is -1.98. The number of fused-ring (bicyclic) bond motifs is 3. The van der Waals surface area contributed by atoms with Crippen LogP contribution < -0.4 is 0 Å². The number of unbranched alkanes of at least 4 members (excludes halogenated alkanes) is 5. The molecule has 5 nitrogen and oxygen atoms in total. The molecule has 3 aromatic rings. The van der Waals surface area contributed by atoms with Crippen molar-refractivity contribution in [1.29, 1.82) is 0 Å². The van der Waals surface area contributed by atoms with Crippen LogP contribution in [0.1, 0.15) is 55.8 Å². The fourth-order valence-corrected chi connectivity index (χ4v) is 3.59. The molecule has 0 atom stereocenters. The predicted molar refractivity (Wildman–Crippen MR) is 105 cm³/mol. The Morgan fingerprint density at radius 1 is 0.962 bits per heavy atom. The number of nitro groups is 1. The minimum absolute atomic E-state index is 0.0765. The Morgan fingerprint density at radius 3 is 2.31 bits per heavy atom. The lowest BCUT2D eigenvalue weighted by Gasteiger charge is -2.07. The molecule has 0 spiro atoms. The van der Waals surface area contributed by atoms with Gasteiger partial charge in [-0.1, -0.05) is 39.0 Å². The first-order chi connectivity index (χ1) is 12.7. The van der Waals surface area contributed by atoms with Gasteiger partial charge >= 0.3 is 0 Å². The summed E-state index contributed by atoms with van der Waals surface area (Å²) in [6, 6.07) is 10.6. The second kappa shape index (κ2) is 8.13. The number of carbonyl (C=O) groups excluding carboxylic acids is 1. The Balaban J connectivity index is 1.97. The van der Waals surface area contributed by atoms with Gasteiger partial charge in [0.15, 0.2) is 0 Å². The van der Waals surface area contributed by atoms with E-state index in [1.807, 2.05) is 18.2 Å². The van der Waals surface area contributed by atoms with Crippen molar-refractivity contribution in [1.82, 2.24) is 4.57 Å². The molecular formula is C21H24N2O3. The number of aldehydes is 1. The van der Waals surface area contributed by atoms with Crippen molar-refractivity contribution in [2.45, 2.75) is 52.0 Å². The predicted octanol–water partition coefficient (Wildman–Crippen LogP) is 5.88. The largest absolute Gasteiger partial charge is 0.340 e. The van der Waals surface area contributed by atoms with Gasteiger partial charge in [-0.15, -0.1) is 0 Å². The summed E-state index contributed by atoms with van der Waals surface area (Å²) in [4.78, 5) is 21.9. The zero-order chi connectivity index (χ0) is 18.5. The number of aryl methyl sites for hydroxylation is 1. The average Bonchev–Trinajstić information content (AvgIpc) is 2.97. The van der Waals surface area contributed by atoms with Gasteiger partial charge in [-0.3, -0.25) is 14.9 Å². The zero-order valence-corrected chi connectivity index (χ0v) is 15.1. The van der Waals surface area contributed by atoms with E-state index in [-0.39, 0.29) is 10.6 Å². The van der Waals surface area contributed by atoms with E-state index in [9.17, 15) is 14.9 Å². The molecule has 0 unspecified atom stereocenters. The van der Waals surface area contributed by atoms with Crippen molar-refractivity contribution in [3.63, 3.8) is 0 Å². The molecule has 0 aliphatic heterocycles. The van der Waals surface area contributed by atoms with E-state index >= 15 is 0 Å². The van der Waals surface area contributed by atoms with E-state index in [0.29, 0.717) is 5.56 Å². The molecule has 0 radical (unpaired) electrons. The van der Waals surface area contributed by atoms with Crippen LogP contribution in [0.5, 0.6) is 0 Å². The van der Waals surface area contributed by atoms with E-state index in [0.717, 1.165) is 41.1 Å². The summed E-state index contributed by atoms with van der Waals surface area (Å²) in [6.45, 7) is 3.09. The summed E-state index contributed by atoms with van der Waals surface area (Å²) in [7, 11) is 0. The third-order valence-corrected chi connectivity index (χ3v) is 4.95. The lowest BCUT2D eigenvalue weighted by molar-refractivity contribution is -0.384. The molecule has 1 heterocycles. The summed E-state index contributed by atoms with van der Waals surface area (Å²) in [6.07, 6.45) is 8.12. The Hall–Kier alpha value is -2.69. The molecule has 26 heavy (non-hydrogen) atoms. The van der Waals surface area contributed by atoms with E-state index < -0.39 is 0 Å². The number of non-ortho nitro benzene ring substituents is 1. The van der Waals surface area contributed by atoms with Gasteiger partial charge in [-0.05, 0) is 30.7 Å². The average molecular weight is 352 g/mol. The Kier molecular flexibility index (Phi) is 5.66. The molecule has 2 aromatic carbocycles. The highest BCUT2D eigenvalue weighted by atomic mass is 16.6. The van der Waals surface area contributed by atoms with E-state index in [4.69, 9.17) is 0 Å². The summed E-state index contributed by atoms with van der Waals surface area (Å²) in [5.41, 5.74) is 2.68. The fraction of sp³-hybridized carbons (Fsp3) is 0.381. The number of carbonyl (C=O) groups is 1. The van der Waals surface area contributed by atoms with Crippen LogP contribution in [-0.4, -0.2) is 15.8 Å². The van der Waals surface area contributed by atoms with Gasteiger partial charge in [0.2, 0.25) is 0 Å². The first kappa shape index (κ1) is 18.1. The van der Waals surface area contributed by atoms with Crippen LogP contribution in [-0.2, 0) is 6.54 Å². The molecule has 0 N–H and O–H groups in total. The van der Waals surface area contributed by atoms with Crippen molar-refractivity contribution < 1.29 is 9.72 Å². The molecule has 0 aliphatic rings. The molecular weight excluding hydrogens is 328 g/mol. The third kappa shape index (κ3) is 3.62. The van der Waals surface area contributed by atoms with Crippen LogP contribution >= 0.6 is 0 Å². The molecule has 1 aromatic heterocycles. The Labute approximate surface area is 152 Å². The van der Waals surface area contributed by atoms with Crippen LogP contribution in [0, 0.1) is 10.1 Å². The van der Waals surface area contributed by atoms with Gasteiger partial charge in [0.25, 0.3) is 5.69 Å². The second-order valence-corrected chi connectivity index (χ2v) is 6.77. The van der Waals surface area contributed by atoms with Crippen molar-refractivity contribution >= 4 is 33.8 Å². The summed E-state index contributed by atoms with van der Waals surface area (Å²) in [5.74, 6) is 0. The maximum Gasteiger partial charge on any atom is 0.270 e. The SMILES string of the molecule is CCCCCCCCn1c2ccc(C=O)cc2c2cc([N+](=O)[O-])ccc21. The summed E-state index contributed by atoms with van der Waals surface area (Å²) < 4.78 is 2.22. The van der Waals surface area contributed by atoms with Gasteiger partial charge in [0.05, 0.1) is 4.92 Å². The van der Waals surface area contributed by atoms with Crippen LogP contribution in [0.3, 0.4) is 0 Å². The van der Waals surface area contributed by atoms with Crippen LogP contribution in [0.4, 0.5) is 5.69 Å². The minimum atomic E-state index is -0.375. The fourth-order valence-electron chi connectivity index (χ4n) is 3.59. The van der Waals surface area contributed by atoms with Crippen LogP contribution in [0.15, 0.2) is 36.4 Å². The van der Waals surface area contributed by atoms with E-state index in [2.05, 4.69) is 11.5 Å². The van der Waals surface area contributed by atoms with Crippen molar-refractivity contribution in [3.8, 4) is 0 Å². The number of nitro benzene ring substituents is 1. The minimum Gasteiger partial charge on any atom is -0.340 e. The van der Waals surface area contributed by atoms with Gasteiger partial charge in [0.1, 0.15) is 6.29 Å². The Morgan fingerprint density at radius 2 is 1.62 bits per heavy atom. The molecule has 0 fully saturated rings. The van der Waals surface area contributed by atoms with Gasteiger partial charge in [0, 0.05) is 46.0 Å². The highest BCUT2D eigenvalue weighted by Gasteiger charge is 2.15. The van der Waals surface area contributed by atoms with Crippen LogP contribution in [0.2, 0.25) is 0 Å².